The van der Waals surface area contributed by atoms with Crippen LogP contribution in [0.2, 0.25) is 5.15 Å². The fourth-order valence-corrected chi connectivity index (χ4v) is 1.14. The zero-order valence-electron chi connectivity index (χ0n) is 10.1. The fourth-order valence-electron chi connectivity index (χ4n) is 0.962. The minimum Gasteiger partial charge on any atom is -0.425 e. The van der Waals surface area contributed by atoms with Crippen molar-refractivity contribution in [2.45, 2.75) is 38.9 Å². The lowest BCUT2D eigenvalue weighted by atomic mass is 9.85. The molecule has 0 saturated heterocycles. The van der Waals surface area contributed by atoms with Gasteiger partial charge in [0, 0.05) is 5.59 Å². The van der Waals surface area contributed by atoms with Crippen LogP contribution in [0.1, 0.15) is 27.7 Å². The molecule has 0 aromatic carbocycles. The highest BCUT2D eigenvalue weighted by Crippen LogP contribution is 2.24. The first-order chi connectivity index (χ1) is 7.22. The Kier molecular flexibility index (Phi) is 3.99. The van der Waals surface area contributed by atoms with Gasteiger partial charge in [0.15, 0.2) is 0 Å². The second kappa shape index (κ2) is 4.74. The molecule has 16 heavy (non-hydrogen) atoms. The van der Waals surface area contributed by atoms with E-state index in [0.29, 0.717) is 12.6 Å². The molecule has 5 heteroatoms. The zero-order valence-corrected chi connectivity index (χ0v) is 10.9. The summed E-state index contributed by atoms with van der Waals surface area (Å²) in [7, 11) is 0.331. The summed E-state index contributed by atoms with van der Waals surface area (Å²) >= 11 is 5.77. The quantitative estimate of drug-likeness (QED) is 0.638. The lowest BCUT2D eigenvalue weighted by Crippen LogP contribution is -2.49. The molecular weight excluding hydrogens is 224 g/mol. The van der Waals surface area contributed by atoms with Gasteiger partial charge in [0.1, 0.15) is 5.15 Å². The first kappa shape index (κ1) is 13.5. The SMILES string of the molecule is CC(C)(O)C(C)(C)OBc1cccc(Cl)n1. The van der Waals surface area contributed by atoms with Gasteiger partial charge in [-0.05, 0) is 39.8 Å². The van der Waals surface area contributed by atoms with Gasteiger partial charge in [-0.15, -0.1) is 0 Å². The minimum atomic E-state index is -0.911. The lowest BCUT2D eigenvalue weighted by Gasteiger charge is -2.37. The summed E-state index contributed by atoms with van der Waals surface area (Å²) < 4.78 is 5.66. The van der Waals surface area contributed by atoms with E-state index in [1.165, 1.54) is 0 Å². The third-order valence-corrected chi connectivity index (χ3v) is 3.04. The minimum absolute atomic E-state index is 0.331. The normalized spacial score (nSPS) is 12.6. The Morgan fingerprint density at radius 3 is 2.44 bits per heavy atom. The summed E-state index contributed by atoms with van der Waals surface area (Å²) in [5.41, 5.74) is -0.799. The van der Waals surface area contributed by atoms with Gasteiger partial charge >= 0.3 is 7.48 Å². The second-order valence-electron chi connectivity index (χ2n) is 4.81. The molecule has 1 rings (SSSR count). The number of aromatic nitrogens is 1. The van der Waals surface area contributed by atoms with Crippen LogP contribution in [-0.2, 0) is 4.65 Å². The molecule has 0 fully saturated rings. The monoisotopic (exact) mass is 241 g/mol. The Morgan fingerprint density at radius 1 is 1.31 bits per heavy atom. The Bertz CT molecular complexity index is 363. The average Bonchev–Trinajstić information content (AvgIpc) is 2.13. The van der Waals surface area contributed by atoms with Gasteiger partial charge in [-0.2, -0.15) is 0 Å². The number of nitrogens with zero attached hydrogens (tertiary/aromatic N) is 1. The number of pyridine rings is 1. The van der Waals surface area contributed by atoms with Crippen LogP contribution < -0.4 is 5.59 Å². The van der Waals surface area contributed by atoms with E-state index in [4.69, 9.17) is 16.3 Å². The summed E-state index contributed by atoms with van der Waals surface area (Å²) in [6.07, 6.45) is 0. The van der Waals surface area contributed by atoms with Crippen LogP contribution >= 0.6 is 11.6 Å². The highest BCUT2D eigenvalue weighted by molar-refractivity contribution is 6.46. The molecule has 0 aliphatic carbocycles. The van der Waals surface area contributed by atoms with E-state index < -0.39 is 11.2 Å². The van der Waals surface area contributed by atoms with Crippen molar-refractivity contribution in [2.75, 3.05) is 0 Å². The third-order valence-electron chi connectivity index (χ3n) is 2.83. The van der Waals surface area contributed by atoms with Crippen LogP contribution in [0.15, 0.2) is 18.2 Å². The van der Waals surface area contributed by atoms with Crippen LogP contribution in [0.3, 0.4) is 0 Å². The summed E-state index contributed by atoms with van der Waals surface area (Å²) in [5, 5.41) is 10.4. The van der Waals surface area contributed by atoms with Gasteiger partial charge in [0.2, 0.25) is 0 Å². The highest BCUT2D eigenvalue weighted by Gasteiger charge is 2.35. The molecule has 1 aromatic heterocycles. The van der Waals surface area contributed by atoms with E-state index in [2.05, 4.69) is 4.98 Å². The average molecular weight is 242 g/mol. The van der Waals surface area contributed by atoms with Crippen LogP contribution in [0.25, 0.3) is 0 Å². The molecule has 0 spiro atoms. The molecule has 1 N–H and O–H groups in total. The summed E-state index contributed by atoms with van der Waals surface area (Å²) in [4.78, 5) is 4.12. The van der Waals surface area contributed by atoms with Crippen molar-refractivity contribution in [3.05, 3.63) is 23.4 Å². The van der Waals surface area contributed by atoms with Crippen molar-refractivity contribution in [3.63, 3.8) is 0 Å². The summed E-state index contributed by atoms with van der Waals surface area (Å²) in [6, 6.07) is 5.38. The van der Waals surface area contributed by atoms with E-state index in [1.54, 1.807) is 19.9 Å². The first-order valence-electron chi connectivity index (χ1n) is 5.20. The maximum absolute atomic E-state index is 9.91. The largest absolute Gasteiger partial charge is 0.425 e. The van der Waals surface area contributed by atoms with E-state index >= 15 is 0 Å². The van der Waals surface area contributed by atoms with E-state index in [0.717, 1.165) is 5.59 Å². The number of rotatable bonds is 4. The van der Waals surface area contributed by atoms with E-state index in [-0.39, 0.29) is 0 Å². The Morgan fingerprint density at radius 2 is 1.94 bits per heavy atom. The number of hydrogen-bond acceptors (Lipinski definition) is 3. The molecule has 0 saturated carbocycles. The molecule has 88 valence electrons. The maximum atomic E-state index is 9.91. The number of aliphatic hydroxyl groups is 1. The predicted octanol–water partition coefficient (Wildman–Crippen LogP) is 1.28. The molecule has 0 amide bonds. The van der Waals surface area contributed by atoms with Crippen molar-refractivity contribution in [1.82, 2.24) is 4.98 Å². The van der Waals surface area contributed by atoms with Crippen LogP contribution in [0.5, 0.6) is 0 Å². The number of halogens is 1. The molecule has 3 nitrogen and oxygen atoms in total. The van der Waals surface area contributed by atoms with Gasteiger partial charge < -0.3 is 9.76 Å². The molecule has 0 radical (unpaired) electrons. The van der Waals surface area contributed by atoms with Gasteiger partial charge in [-0.1, -0.05) is 17.7 Å². The molecule has 1 aromatic rings. The molecule has 1 heterocycles. The topological polar surface area (TPSA) is 42.4 Å². The second-order valence-corrected chi connectivity index (χ2v) is 5.20. The van der Waals surface area contributed by atoms with E-state index in [1.807, 2.05) is 26.0 Å². The zero-order chi connectivity index (χ0) is 12.4. The first-order valence-corrected chi connectivity index (χ1v) is 5.58. The lowest BCUT2D eigenvalue weighted by molar-refractivity contribution is -0.0893. The summed E-state index contributed by atoms with van der Waals surface area (Å²) in [5.74, 6) is 0. The maximum Gasteiger partial charge on any atom is 0.329 e. The Balaban J connectivity index is 2.65. The third kappa shape index (κ3) is 3.47. The van der Waals surface area contributed by atoms with Crippen molar-refractivity contribution in [2.24, 2.45) is 0 Å². The fraction of sp³-hybridized carbons (Fsp3) is 0.545. The standard InChI is InChI=1S/C11H17BClNO2/c1-10(2,15)11(3,4)16-12-8-6-5-7-9(13)14-8/h5-7,12,15H,1-4H3. The van der Waals surface area contributed by atoms with Crippen molar-refractivity contribution in [1.29, 1.82) is 0 Å². The molecule has 0 bridgehead atoms. The van der Waals surface area contributed by atoms with Crippen molar-refractivity contribution in [3.8, 4) is 0 Å². The van der Waals surface area contributed by atoms with Crippen LogP contribution in [0, 0.1) is 0 Å². The van der Waals surface area contributed by atoms with Crippen LogP contribution in [-0.4, -0.2) is 28.8 Å². The summed E-state index contributed by atoms with van der Waals surface area (Å²) in [6.45, 7) is 7.13. The molecule has 0 unspecified atom stereocenters. The van der Waals surface area contributed by atoms with Crippen molar-refractivity contribution < 1.29 is 9.76 Å². The predicted molar refractivity (Wildman–Crippen MR) is 67.5 cm³/mol. The van der Waals surface area contributed by atoms with Gasteiger partial charge in [0.05, 0.1) is 11.2 Å². The number of hydrogen-bond donors (Lipinski definition) is 1. The molecule has 0 aliphatic rings. The van der Waals surface area contributed by atoms with Gasteiger partial charge in [0.25, 0.3) is 0 Å². The molecular formula is C11H17BClNO2. The van der Waals surface area contributed by atoms with E-state index in [9.17, 15) is 5.11 Å². The Labute approximate surface area is 102 Å². The van der Waals surface area contributed by atoms with Gasteiger partial charge in [-0.25, -0.2) is 4.98 Å². The Hall–Kier alpha value is -0.575. The van der Waals surface area contributed by atoms with Crippen molar-refractivity contribution >= 4 is 24.7 Å². The molecule has 0 aliphatic heterocycles. The van der Waals surface area contributed by atoms with Crippen LogP contribution in [0.4, 0.5) is 0 Å². The van der Waals surface area contributed by atoms with Gasteiger partial charge in [-0.3, -0.25) is 0 Å². The smallest absolute Gasteiger partial charge is 0.329 e. The molecule has 0 atom stereocenters. The highest BCUT2D eigenvalue weighted by atomic mass is 35.5.